The van der Waals surface area contributed by atoms with Crippen LogP contribution in [0.1, 0.15) is 18.4 Å². The number of rotatable bonds is 4. The largest absolute Gasteiger partial charge is 0.361 e. The molecule has 0 amide bonds. The summed E-state index contributed by atoms with van der Waals surface area (Å²) in [4.78, 5) is 3.16. The first-order valence-corrected chi connectivity index (χ1v) is 8.35. The Bertz CT molecular complexity index is 676. The van der Waals surface area contributed by atoms with Gasteiger partial charge in [-0.2, -0.15) is 0 Å². The summed E-state index contributed by atoms with van der Waals surface area (Å²) in [6, 6.07) is 8.29. The number of nitrogens with one attached hydrogen (secondary N) is 2. The summed E-state index contributed by atoms with van der Waals surface area (Å²) in [5.74, 6) is 0.356. The standard InChI is InChI=1S/C14H18N2O2S/c17-19(18)7-1-2-13(19)10-15-9-11-3-4-14-12(8-11)5-6-16-14/h3-6,8,13,15-16H,1-2,7,9-10H2. The van der Waals surface area contributed by atoms with Gasteiger partial charge >= 0.3 is 0 Å². The molecular formula is C14H18N2O2S. The van der Waals surface area contributed by atoms with E-state index in [0.29, 0.717) is 18.8 Å². The van der Waals surface area contributed by atoms with E-state index in [9.17, 15) is 8.42 Å². The molecule has 1 fully saturated rings. The van der Waals surface area contributed by atoms with Gasteiger partial charge in [0, 0.05) is 24.8 Å². The number of hydrogen-bond acceptors (Lipinski definition) is 3. The summed E-state index contributed by atoms with van der Waals surface area (Å²) >= 11 is 0. The SMILES string of the molecule is O=S1(=O)CCCC1CNCc1ccc2[nH]ccc2c1. The summed E-state index contributed by atoms with van der Waals surface area (Å²) in [7, 11) is -2.83. The molecule has 1 aromatic heterocycles. The minimum Gasteiger partial charge on any atom is -0.361 e. The summed E-state index contributed by atoms with van der Waals surface area (Å²) in [5.41, 5.74) is 2.31. The van der Waals surface area contributed by atoms with Gasteiger partial charge in [0.15, 0.2) is 9.84 Å². The lowest BCUT2D eigenvalue weighted by molar-refractivity contribution is 0.574. The number of sulfone groups is 1. The van der Waals surface area contributed by atoms with Crippen LogP contribution in [0.25, 0.3) is 10.9 Å². The minimum absolute atomic E-state index is 0.191. The molecule has 5 heteroatoms. The molecular weight excluding hydrogens is 260 g/mol. The minimum atomic E-state index is -2.83. The normalized spacial score (nSPS) is 22.0. The molecule has 0 bridgehead atoms. The van der Waals surface area contributed by atoms with E-state index in [1.807, 2.05) is 12.3 Å². The van der Waals surface area contributed by atoms with Crippen LogP contribution in [0.4, 0.5) is 0 Å². The average molecular weight is 278 g/mol. The van der Waals surface area contributed by atoms with E-state index in [2.05, 4.69) is 28.5 Å². The molecule has 2 N–H and O–H groups in total. The maximum atomic E-state index is 11.7. The maximum absolute atomic E-state index is 11.7. The fourth-order valence-electron chi connectivity index (χ4n) is 2.68. The van der Waals surface area contributed by atoms with Crippen LogP contribution in [0.2, 0.25) is 0 Å². The van der Waals surface area contributed by atoms with Crippen LogP contribution < -0.4 is 5.32 Å². The molecule has 0 aliphatic carbocycles. The third-order valence-corrected chi connectivity index (χ3v) is 6.06. The van der Waals surface area contributed by atoms with Gasteiger partial charge in [0.25, 0.3) is 0 Å². The highest BCUT2D eigenvalue weighted by Crippen LogP contribution is 2.19. The highest BCUT2D eigenvalue weighted by Gasteiger charge is 2.30. The zero-order valence-corrected chi connectivity index (χ0v) is 11.5. The molecule has 0 saturated carbocycles. The molecule has 1 atom stereocenters. The summed E-state index contributed by atoms with van der Waals surface area (Å²) in [5, 5.41) is 4.26. The van der Waals surface area contributed by atoms with E-state index in [-0.39, 0.29) is 5.25 Å². The van der Waals surface area contributed by atoms with Gasteiger partial charge in [0.05, 0.1) is 11.0 Å². The fourth-order valence-corrected chi connectivity index (χ4v) is 4.48. The van der Waals surface area contributed by atoms with Gasteiger partial charge in [-0.1, -0.05) is 6.07 Å². The molecule has 2 aromatic rings. The summed E-state index contributed by atoms with van der Waals surface area (Å²) in [6.07, 6.45) is 3.53. The molecule has 0 radical (unpaired) electrons. The molecule has 1 unspecified atom stereocenters. The van der Waals surface area contributed by atoms with Gasteiger partial charge in [-0.25, -0.2) is 8.42 Å². The van der Waals surface area contributed by atoms with Gasteiger partial charge < -0.3 is 10.3 Å². The first-order valence-electron chi connectivity index (χ1n) is 6.63. The second kappa shape index (κ2) is 4.98. The van der Waals surface area contributed by atoms with E-state index < -0.39 is 9.84 Å². The number of hydrogen-bond donors (Lipinski definition) is 2. The van der Waals surface area contributed by atoms with Gasteiger partial charge in [0.2, 0.25) is 0 Å². The van der Waals surface area contributed by atoms with Crippen LogP contribution in [0.3, 0.4) is 0 Å². The molecule has 19 heavy (non-hydrogen) atoms. The molecule has 3 rings (SSSR count). The molecule has 4 nitrogen and oxygen atoms in total. The maximum Gasteiger partial charge on any atom is 0.154 e. The molecule has 0 spiro atoms. The van der Waals surface area contributed by atoms with Crippen molar-refractivity contribution in [2.75, 3.05) is 12.3 Å². The Morgan fingerprint density at radius 3 is 3.00 bits per heavy atom. The van der Waals surface area contributed by atoms with Crippen molar-refractivity contribution < 1.29 is 8.42 Å². The zero-order chi connectivity index (χ0) is 13.3. The molecule has 1 aliphatic rings. The van der Waals surface area contributed by atoms with Crippen LogP contribution in [-0.2, 0) is 16.4 Å². The molecule has 1 aliphatic heterocycles. The Morgan fingerprint density at radius 2 is 2.21 bits per heavy atom. The number of fused-ring (bicyclic) bond motifs is 1. The van der Waals surface area contributed by atoms with Crippen LogP contribution in [0.15, 0.2) is 30.5 Å². The van der Waals surface area contributed by atoms with Crippen molar-refractivity contribution in [1.82, 2.24) is 10.3 Å². The first kappa shape index (κ1) is 12.7. The smallest absolute Gasteiger partial charge is 0.154 e. The lowest BCUT2D eigenvalue weighted by Gasteiger charge is -2.10. The van der Waals surface area contributed by atoms with Gasteiger partial charge in [-0.15, -0.1) is 0 Å². The van der Waals surface area contributed by atoms with E-state index in [1.54, 1.807) is 0 Å². The lowest BCUT2D eigenvalue weighted by Crippen LogP contribution is -2.30. The van der Waals surface area contributed by atoms with Crippen molar-refractivity contribution in [1.29, 1.82) is 0 Å². The van der Waals surface area contributed by atoms with Crippen molar-refractivity contribution in [3.05, 3.63) is 36.0 Å². The first-order chi connectivity index (χ1) is 9.15. The van der Waals surface area contributed by atoms with Gasteiger partial charge in [-0.05, 0) is 42.0 Å². The lowest BCUT2D eigenvalue weighted by atomic mass is 10.1. The molecule has 102 valence electrons. The van der Waals surface area contributed by atoms with E-state index in [1.165, 1.54) is 10.9 Å². The second-order valence-corrected chi connectivity index (χ2v) is 7.56. The quantitative estimate of drug-likeness (QED) is 0.897. The number of aromatic nitrogens is 1. The Hall–Kier alpha value is -1.33. The monoisotopic (exact) mass is 278 g/mol. The Morgan fingerprint density at radius 1 is 1.32 bits per heavy atom. The highest BCUT2D eigenvalue weighted by molar-refractivity contribution is 7.92. The van der Waals surface area contributed by atoms with E-state index in [4.69, 9.17) is 0 Å². The van der Waals surface area contributed by atoms with Crippen molar-refractivity contribution in [2.24, 2.45) is 0 Å². The van der Waals surface area contributed by atoms with Crippen LogP contribution in [0, 0.1) is 0 Å². The predicted molar refractivity (Wildman–Crippen MR) is 76.8 cm³/mol. The van der Waals surface area contributed by atoms with Crippen molar-refractivity contribution in [3.63, 3.8) is 0 Å². The summed E-state index contributed by atoms with van der Waals surface area (Å²) < 4.78 is 23.4. The zero-order valence-electron chi connectivity index (χ0n) is 10.7. The Balaban J connectivity index is 1.60. The highest BCUT2D eigenvalue weighted by atomic mass is 32.2. The van der Waals surface area contributed by atoms with Gasteiger partial charge in [0.1, 0.15) is 0 Å². The Labute approximate surface area is 113 Å². The molecule has 1 aromatic carbocycles. The van der Waals surface area contributed by atoms with E-state index >= 15 is 0 Å². The second-order valence-electron chi connectivity index (χ2n) is 5.16. The van der Waals surface area contributed by atoms with Crippen molar-refractivity contribution in [3.8, 4) is 0 Å². The molecule has 2 heterocycles. The third-order valence-electron chi connectivity index (χ3n) is 3.78. The number of aromatic amines is 1. The Kier molecular flexibility index (Phi) is 3.33. The number of benzene rings is 1. The van der Waals surface area contributed by atoms with Crippen LogP contribution in [-0.4, -0.2) is 30.9 Å². The van der Waals surface area contributed by atoms with Crippen LogP contribution >= 0.6 is 0 Å². The predicted octanol–water partition coefficient (Wildman–Crippen LogP) is 1.83. The summed E-state index contributed by atoms with van der Waals surface area (Å²) in [6.45, 7) is 1.28. The van der Waals surface area contributed by atoms with Crippen LogP contribution in [0.5, 0.6) is 0 Å². The topological polar surface area (TPSA) is 62.0 Å². The van der Waals surface area contributed by atoms with Crippen molar-refractivity contribution >= 4 is 20.7 Å². The molecule has 1 saturated heterocycles. The fraction of sp³-hybridized carbons (Fsp3) is 0.429. The van der Waals surface area contributed by atoms with E-state index in [0.717, 1.165) is 18.4 Å². The number of H-pyrrole nitrogens is 1. The van der Waals surface area contributed by atoms with Gasteiger partial charge in [-0.3, -0.25) is 0 Å². The van der Waals surface area contributed by atoms with Crippen molar-refractivity contribution in [2.45, 2.75) is 24.6 Å². The average Bonchev–Trinajstić information content (AvgIpc) is 2.95. The third kappa shape index (κ3) is 2.67.